The lowest BCUT2D eigenvalue weighted by atomic mass is 10.1. The largest absolute Gasteiger partial charge is 0.465 e. The second kappa shape index (κ2) is 6.39. The molecule has 3 aromatic heterocycles. The third kappa shape index (κ3) is 3.10. The Morgan fingerprint density at radius 2 is 2.20 bits per heavy atom. The zero-order valence-electron chi connectivity index (χ0n) is 13.5. The standard InChI is InChI=1S/C17H18N6O2/c24-17(25)22-6-3-4-12(11-22)20-16-10-18-9-14(21-16)13-8-19-23-7-2-1-5-15(13)23/h1-2,5,7-10,12H,3-4,6,11H2,(H,20,21)(H,24,25). The number of likely N-dealkylation sites (tertiary alicyclic amines) is 1. The Bertz CT molecular complexity index is 909. The number of carboxylic acid groups (broad SMARTS) is 1. The van der Waals surface area contributed by atoms with Gasteiger partial charge in [0, 0.05) is 30.9 Å². The fourth-order valence-corrected chi connectivity index (χ4v) is 3.18. The smallest absolute Gasteiger partial charge is 0.407 e. The van der Waals surface area contributed by atoms with Crippen LogP contribution >= 0.6 is 0 Å². The van der Waals surface area contributed by atoms with Crippen LogP contribution in [0.25, 0.3) is 16.8 Å². The number of fused-ring (bicyclic) bond motifs is 1. The summed E-state index contributed by atoms with van der Waals surface area (Å²) in [5, 5.41) is 16.8. The molecule has 8 heteroatoms. The molecule has 0 saturated carbocycles. The topological polar surface area (TPSA) is 95.7 Å². The molecule has 1 saturated heterocycles. The molecule has 1 atom stereocenters. The second-order valence-electron chi connectivity index (χ2n) is 6.09. The number of hydrogen-bond donors (Lipinski definition) is 2. The Morgan fingerprint density at radius 3 is 3.08 bits per heavy atom. The van der Waals surface area contributed by atoms with E-state index in [0.717, 1.165) is 29.6 Å². The quantitative estimate of drug-likeness (QED) is 0.761. The van der Waals surface area contributed by atoms with Crippen LogP contribution in [0.3, 0.4) is 0 Å². The van der Waals surface area contributed by atoms with E-state index in [4.69, 9.17) is 5.11 Å². The van der Waals surface area contributed by atoms with Crippen LogP contribution in [0.4, 0.5) is 10.6 Å². The molecule has 1 fully saturated rings. The van der Waals surface area contributed by atoms with E-state index in [1.54, 1.807) is 23.1 Å². The van der Waals surface area contributed by atoms with E-state index >= 15 is 0 Å². The van der Waals surface area contributed by atoms with Crippen molar-refractivity contribution in [3.63, 3.8) is 0 Å². The van der Waals surface area contributed by atoms with Crippen LogP contribution in [-0.4, -0.2) is 54.8 Å². The molecule has 3 aromatic rings. The number of piperidine rings is 1. The molecule has 0 spiro atoms. The maximum absolute atomic E-state index is 11.1. The molecule has 4 heterocycles. The maximum Gasteiger partial charge on any atom is 0.407 e. The van der Waals surface area contributed by atoms with Gasteiger partial charge >= 0.3 is 6.09 Å². The summed E-state index contributed by atoms with van der Waals surface area (Å²) in [5.74, 6) is 0.644. The van der Waals surface area contributed by atoms with Gasteiger partial charge in [-0.05, 0) is 25.0 Å². The van der Waals surface area contributed by atoms with Gasteiger partial charge in [-0.3, -0.25) is 4.98 Å². The van der Waals surface area contributed by atoms with Crippen molar-refractivity contribution in [2.75, 3.05) is 18.4 Å². The molecular weight excluding hydrogens is 320 g/mol. The highest BCUT2D eigenvalue weighted by atomic mass is 16.4. The van der Waals surface area contributed by atoms with Crippen molar-refractivity contribution < 1.29 is 9.90 Å². The van der Waals surface area contributed by atoms with E-state index in [1.807, 2.05) is 24.4 Å². The summed E-state index contributed by atoms with van der Waals surface area (Å²) in [6, 6.07) is 5.90. The fourth-order valence-electron chi connectivity index (χ4n) is 3.18. The first-order valence-electron chi connectivity index (χ1n) is 8.20. The molecule has 0 aliphatic carbocycles. The highest BCUT2D eigenvalue weighted by Gasteiger charge is 2.23. The van der Waals surface area contributed by atoms with E-state index < -0.39 is 6.09 Å². The third-order valence-electron chi connectivity index (χ3n) is 4.38. The number of amides is 1. The molecule has 0 radical (unpaired) electrons. The van der Waals surface area contributed by atoms with Crippen LogP contribution in [0.5, 0.6) is 0 Å². The van der Waals surface area contributed by atoms with Gasteiger partial charge in [0.1, 0.15) is 5.82 Å². The Morgan fingerprint density at radius 1 is 1.28 bits per heavy atom. The zero-order chi connectivity index (χ0) is 17.2. The van der Waals surface area contributed by atoms with Crippen molar-refractivity contribution in [2.45, 2.75) is 18.9 Å². The average Bonchev–Trinajstić information content (AvgIpc) is 3.06. The van der Waals surface area contributed by atoms with Gasteiger partial charge in [0.25, 0.3) is 0 Å². The number of nitrogens with zero attached hydrogens (tertiary/aromatic N) is 5. The molecule has 1 aliphatic heterocycles. The van der Waals surface area contributed by atoms with Crippen LogP contribution in [0.2, 0.25) is 0 Å². The first-order valence-corrected chi connectivity index (χ1v) is 8.20. The molecule has 25 heavy (non-hydrogen) atoms. The molecule has 128 valence electrons. The minimum Gasteiger partial charge on any atom is -0.465 e. The Labute approximate surface area is 144 Å². The summed E-state index contributed by atoms with van der Waals surface area (Å²) >= 11 is 0. The van der Waals surface area contributed by atoms with Crippen LogP contribution < -0.4 is 5.32 Å². The molecule has 1 unspecified atom stereocenters. The number of rotatable bonds is 3. The summed E-state index contributed by atoms with van der Waals surface area (Å²) in [5.41, 5.74) is 2.60. The van der Waals surface area contributed by atoms with Gasteiger partial charge in [0.05, 0.1) is 29.8 Å². The average molecular weight is 338 g/mol. The Kier molecular flexibility index (Phi) is 3.93. The Hall–Kier alpha value is -3.16. The van der Waals surface area contributed by atoms with E-state index in [1.165, 1.54) is 4.90 Å². The summed E-state index contributed by atoms with van der Waals surface area (Å²) in [4.78, 5) is 21.5. The number of carbonyl (C=O) groups is 1. The summed E-state index contributed by atoms with van der Waals surface area (Å²) < 4.78 is 1.79. The number of hydrogen-bond acceptors (Lipinski definition) is 5. The molecule has 2 N–H and O–H groups in total. The van der Waals surface area contributed by atoms with E-state index in [0.29, 0.717) is 18.9 Å². The lowest BCUT2D eigenvalue weighted by molar-refractivity contribution is 0.133. The monoisotopic (exact) mass is 338 g/mol. The van der Waals surface area contributed by atoms with Crippen molar-refractivity contribution >= 4 is 17.4 Å². The SMILES string of the molecule is O=C(O)N1CCCC(Nc2cncc(-c3cnn4ccccc34)n2)C1. The molecule has 8 nitrogen and oxygen atoms in total. The number of pyridine rings is 1. The first kappa shape index (κ1) is 15.4. The summed E-state index contributed by atoms with van der Waals surface area (Å²) in [6.07, 6.45) is 7.90. The number of aromatic nitrogens is 4. The van der Waals surface area contributed by atoms with Crippen molar-refractivity contribution in [1.29, 1.82) is 0 Å². The third-order valence-corrected chi connectivity index (χ3v) is 4.38. The molecule has 0 aromatic carbocycles. The molecule has 1 aliphatic rings. The molecule has 1 amide bonds. The normalized spacial score (nSPS) is 17.6. The van der Waals surface area contributed by atoms with Crippen molar-refractivity contribution in [2.24, 2.45) is 0 Å². The van der Waals surface area contributed by atoms with Crippen molar-refractivity contribution in [1.82, 2.24) is 24.5 Å². The molecule has 4 rings (SSSR count). The van der Waals surface area contributed by atoms with E-state index in [2.05, 4.69) is 20.4 Å². The molecular formula is C17H18N6O2. The van der Waals surface area contributed by atoms with Crippen molar-refractivity contribution in [3.05, 3.63) is 43.0 Å². The van der Waals surface area contributed by atoms with Gasteiger partial charge in [-0.1, -0.05) is 6.07 Å². The first-order chi connectivity index (χ1) is 12.2. The summed E-state index contributed by atoms with van der Waals surface area (Å²) in [7, 11) is 0. The predicted molar refractivity (Wildman–Crippen MR) is 92.5 cm³/mol. The second-order valence-corrected chi connectivity index (χ2v) is 6.09. The van der Waals surface area contributed by atoms with E-state index in [9.17, 15) is 4.79 Å². The van der Waals surface area contributed by atoms with Gasteiger partial charge < -0.3 is 15.3 Å². The van der Waals surface area contributed by atoms with Crippen LogP contribution in [0.15, 0.2) is 43.0 Å². The lowest BCUT2D eigenvalue weighted by Crippen LogP contribution is -2.44. The van der Waals surface area contributed by atoms with Gasteiger partial charge in [-0.2, -0.15) is 5.10 Å². The lowest BCUT2D eigenvalue weighted by Gasteiger charge is -2.31. The van der Waals surface area contributed by atoms with Crippen LogP contribution in [-0.2, 0) is 0 Å². The van der Waals surface area contributed by atoms with Gasteiger partial charge in [-0.15, -0.1) is 0 Å². The highest BCUT2D eigenvalue weighted by Crippen LogP contribution is 2.23. The van der Waals surface area contributed by atoms with Gasteiger partial charge in [0.2, 0.25) is 0 Å². The fraction of sp³-hybridized carbons (Fsp3) is 0.294. The molecule has 0 bridgehead atoms. The Balaban J connectivity index is 1.56. The minimum absolute atomic E-state index is 0.0401. The summed E-state index contributed by atoms with van der Waals surface area (Å²) in [6.45, 7) is 1.04. The maximum atomic E-state index is 11.1. The van der Waals surface area contributed by atoms with Crippen molar-refractivity contribution in [3.8, 4) is 11.3 Å². The minimum atomic E-state index is -0.877. The van der Waals surface area contributed by atoms with Gasteiger partial charge in [0.15, 0.2) is 0 Å². The predicted octanol–water partition coefficient (Wildman–Crippen LogP) is 2.35. The zero-order valence-corrected chi connectivity index (χ0v) is 13.5. The highest BCUT2D eigenvalue weighted by molar-refractivity contribution is 5.77. The number of anilines is 1. The van der Waals surface area contributed by atoms with Crippen LogP contribution in [0.1, 0.15) is 12.8 Å². The van der Waals surface area contributed by atoms with Gasteiger partial charge in [-0.25, -0.2) is 14.3 Å². The van der Waals surface area contributed by atoms with E-state index in [-0.39, 0.29) is 6.04 Å². The van der Waals surface area contributed by atoms with Crippen LogP contribution in [0, 0.1) is 0 Å². The number of nitrogens with one attached hydrogen (secondary N) is 1.